The molecule has 0 radical (unpaired) electrons. The van der Waals surface area contributed by atoms with Gasteiger partial charge in [0.1, 0.15) is 0 Å². The minimum Gasteiger partial charge on any atom is -0.314 e. The van der Waals surface area contributed by atoms with Crippen molar-refractivity contribution in [2.45, 2.75) is 26.2 Å². The number of alkyl halides is 2. The number of rotatable bonds is 4. The predicted molar refractivity (Wildman–Crippen MR) is 53.7 cm³/mol. The van der Waals surface area contributed by atoms with Gasteiger partial charge >= 0.3 is 0 Å². The molecule has 0 aliphatic carbocycles. The SMILES string of the molecule is CC(C)CC(F)(F)CN1CCNCC1. The van der Waals surface area contributed by atoms with E-state index in [4.69, 9.17) is 0 Å². The minimum absolute atomic E-state index is 0.00305. The van der Waals surface area contributed by atoms with E-state index in [0.29, 0.717) is 0 Å². The van der Waals surface area contributed by atoms with E-state index in [1.54, 1.807) is 0 Å². The summed E-state index contributed by atoms with van der Waals surface area (Å²) in [4.78, 5) is 1.85. The van der Waals surface area contributed by atoms with Gasteiger partial charge in [0, 0.05) is 32.6 Å². The van der Waals surface area contributed by atoms with Crippen molar-refractivity contribution in [1.82, 2.24) is 10.2 Å². The van der Waals surface area contributed by atoms with Crippen molar-refractivity contribution in [1.29, 1.82) is 0 Å². The predicted octanol–water partition coefficient (Wildman–Crippen LogP) is 1.57. The first-order chi connectivity index (χ1) is 6.49. The van der Waals surface area contributed by atoms with Gasteiger partial charge in [-0.05, 0) is 5.92 Å². The van der Waals surface area contributed by atoms with Gasteiger partial charge in [0.15, 0.2) is 0 Å². The highest BCUT2D eigenvalue weighted by atomic mass is 19.3. The second kappa shape index (κ2) is 5.03. The number of hydrogen-bond donors (Lipinski definition) is 1. The van der Waals surface area contributed by atoms with Crippen LogP contribution in [0.1, 0.15) is 20.3 Å². The quantitative estimate of drug-likeness (QED) is 0.751. The van der Waals surface area contributed by atoms with Crippen LogP contribution >= 0.6 is 0 Å². The number of nitrogens with one attached hydrogen (secondary N) is 1. The molecule has 0 bridgehead atoms. The average molecular weight is 206 g/mol. The lowest BCUT2D eigenvalue weighted by Crippen LogP contribution is -2.48. The summed E-state index contributed by atoms with van der Waals surface area (Å²) in [7, 11) is 0. The molecule has 0 aromatic carbocycles. The molecule has 1 aliphatic rings. The summed E-state index contributed by atoms with van der Waals surface area (Å²) in [6.07, 6.45) is -0.00305. The lowest BCUT2D eigenvalue weighted by atomic mass is 10.0. The van der Waals surface area contributed by atoms with Gasteiger partial charge in [-0.15, -0.1) is 0 Å². The lowest BCUT2D eigenvalue weighted by Gasteiger charge is -2.31. The van der Waals surface area contributed by atoms with Crippen molar-refractivity contribution >= 4 is 0 Å². The van der Waals surface area contributed by atoms with Crippen molar-refractivity contribution in [2.24, 2.45) is 5.92 Å². The van der Waals surface area contributed by atoms with Gasteiger partial charge in [-0.3, -0.25) is 4.90 Å². The Morgan fingerprint density at radius 3 is 2.36 bits per heavy atom. The van der Waals surface area contributed by atoms with Crippen LogP contribution in [0.5, 0.6) is 0 Å². The highest BCUT2D eigenvalue weighted by molar-refractivity contribution is 4.77. The molecule has 0 aromatic rings. The normalized spacial score (nSPS) is 20.4. The van der Waals surface area contributed by atoms with E-state index >= 15 is 0 Å². The second-order valence-corrected chi connectivity index (χ2v) is 4.48. The van der Waals surface area contributed by atoms with Crippen LogP contribution in [0.4, 0.5) is 8.78 Å². The van der Waals surface area contributed by atoms with Crippen LogP contribution in [0.25, 0.3) is 0 Å². The van der Waals surface area contributed by atoms with Crippen LogP contribution in [0.3, 0.4) is 0 Å². The average Bonchev–Trinajstić information content (AvgIpc) is 2.02. The number of halogens is 2. The lowest BCUT2D eigenvalue weighted by molar-refractivity contribution is -0.0501. The third kappa shape index (κ3) is 4.33. The third-order valence-corrected chi connectivity index (χ3v) is 2.37. The molecule has 0 amide bonds. The maximum Gasteiger partial charge on any atom is 0.260 e. The van der Waals surface area contributed by atoms with Crippen LogP contribution in [-0.2, 0) is 0 Å². The Balaban J connectivity index is 2.32. The fraction of sp³-hybridized carbons (Fsp3) is 1.00. The van der Waals surface area contributed by atoms with Crippen molar-refractivity contribution < 1.29 is 8.78 Å². The first kappa shape index (κ1) is 11.9. The monoisotopic (exact) mass is 206 g/mol. The van der Waals surface area contributed by atoms with E-state index in [1.165, 1.54) is 0 Å². The summed E-state index contributed by atoms with van der Waals surface area (Å²) in [5.74, 6) is -2.46. The summed E-state index contributed by atoms with van der Waals surface area (Å²) in [5, 5.41) is 3.15. The Kier molecular flexibility index (Phi) is 4.26. The molecule has 14 heavy (non-hydrogen) atoms. The smallest absolute Gasteiger partial charge is 0.260 e. The molecule has 0 unspecified atom stereocenters. The van der Waals surface area contributed by atoms with Crippen LogP contribution in [0, 0.1) is 5.92 Å². The van der Waals surface area contributed by atoms with Crippen LogP contribution < -0.4 is 5.32 Å². The Morgan fingerprint density at radius 1 is 1.29 bits per heavy atom. The Hall–Kier alpha value is -0.220. The molecule has 1 rings (SSSR count). The molecule has 1 heterocycles. The van der Waals surface area contributed by atoms with Crippen LogP contribution in [-0.4, -0.2) is 43.5 Å². The number of nitrogens with zero attached hydrogens (tertiary/aromatic N) is 1. The van der Waals surface area contributed by atoms with E-state index in [0.717, 1.165) is 26.2 Å². The molecule has 84 valence electrons. The van der Waals surface area contributed by atoms with Crippen LogP contribution in [0.15, 0.2) is 0 Å². The standard InChI is InChI=1S/C10H20F2N2/c1-9(2)7-10(11,12)8-14-5-3-13-4-6-14/h9,13H,3-8H2,1-2H3. The van der Waals surface area contributed by atoms with E-state index in [-0.39, 0.29) is 18.9 Å². The first-order valence-electron chi connectivity index (χ1n) is 5.30. The summed E-state index contributed by atoms with van der Waals surface area (Å²) < 4.78 is 26.8. The zero-order chi connectivity index (χ0) is 10.6. The molecule has 1 saturated heterocycles. The Labute approximate surface area is 84.7 Å². The van der Waals surface area contributed by atoms with Gasteiger partial charge in [0.05, 0.1) is 6.54 Å². The van der Waals surface area contributed by atoms with E-state index in [9.17, 15) is 8.78 Å². The zero-order valence-electron chi connectivity index (χ0n) is 9.02. The zero-order valence-corrected chi connectivity index (χ0v) is 9.02. The molecule has 1 aliphatic heterocycles. The molecular weight excluding hydrogens is 186 g/mol. The summed E-state index contributed by atoms with van der Waals surface area (Å²) in [6.45, 7) is 6.75. The van der Waals surface area contributed by atoms with Gasteiger partial charge in [0.25, 0.3) is 5.92 Å². The Bertz CT molecular complexity index is 166. The largest absolute Gasteiger partial charge is 0.314 e. The van der Waals surface area contributed by atoms with Crippen molar-refractivity contribution in [3.8, 4) is 0 Å². The van der Waals surface area contributed by atoms with Gasteiger partial charge < -0.3 is 5.32 Å². The molecule has 4 heteroatoms. The topological polar surface area (TPSA) is 15.3 Å². The minimum atomic E-state index is -2.52. The molecule has 0 saturated carbocycles. The Morgan fingerprint density at radius 2 is 1.86 bits per heavy atom. The maximum absolute atomic E-state index is 13.4. The summed E-state index contributed by atoms with van der Waals surface area (Å²) in [6, 6.07) is 0. The molecule has 0 spiro atoms. The van der Waals surface area contributed by atoms with Gasteiger partial charge in [0.2, 0.25) is 0 Å². The molecule has 2 nitrogen and oxygen atoms in total. The van der Waals surface area contributed by atoms with Gasteiger partial charge in [-0.25, -0.2) is 8.78 Å². The van der Waals surface area contributed by atoms with Crippen molar-refractivity contribution in [2.75, 3.05) is 32.7 Å². The maximum atomic E-state index is 13.4. The van der Waals surface area contributed by atoms with Gasteiger partial charge in [-0.1, -0.05) is 13.8 Å². The van der Waals surface area contributed by atoms with E-state index < -0.39 is 5.92 Å². The molecule has 1 N–H and O–H groups in total. The fourth-order valence-corrected chi connectivity index (χ4v) is 1.86. The highest BCUT2D eigenvalue weighted by Gasteiger charge is 2.32. The third-order valence-electron chi connectivity index (χ3n) is 2.37. The first-order valence-corrected chi connectivity index (χ1v) is 5.30. The molecule has 1 fully saturated rings. The number of piperazine rings is 1. The second-order valence-electron chi connectivity index (χ2n) is 4.48. The van der Waals surface area contributed by atoms with Crippen molar-refractivity contribution in [3.05, 3.63) is 0 Å². The summed E-state index contributed by atoms with van der Waals surface area (Å²) in [5.41, 5.74) is 0. The van der Waals surface area contributed by atoms with E-state index in [2.05, 4.69) is 5.32 Å². The molecular formula is C10H20F2N2. The van der Waals surface area contributed by atoms with Crippen molar-refractivity contribution in [3.63, 3.8) is 0 Å². The van der Waals surface area contributed by atoms with Crippen LogP contribution in [0.2, 0.25) is 0 Å². The number of hydrogen-bond acceptors (Lipinski definition) is 2. The summed E-state index contributed by atoms with van der Waals surface area (Å²) >= 11 is 0. The molecule has 0 atom stereocenters. The molecule has 0 aromatic heterocycles. The van der Waals surface area contributed by atoms with Gasteiger partial charge in [-0.2, -0.15) is 0 Å². The highest BCUT2D eigenvalue weighted by Crippen LogP contribution is 2.24. The fourth-order valence-electron chi connectivity index (χ4n) is 1.86. The van der Waals surface area contributed by atoms with E-state index in [1.807, 2.05) is 18.7 Å².